The van der Waals surface area contributed by atoms with Gasteiger partial charge in [-0.3, -0.25) is 9.78 Å². The van der Waals surface area contributed by atoms with Gasteiger partial charge >= 0.3 is 0 Å². The van der Waals surface area contributed by atoms with Crippen molar-refractivity contribution in [3.63, 3.8) is 0 Å². The molecule has 1 N–H and O–H groups in total. The highest BCUT2D eigenvalue weighted by atomic mass is 16.2. The van der Waals surface area contributed by atoms with Crippen molar-refractivity contribution in [2.45, 2.75) is 45.1 Å². The highest BCUT2D eigenvalue weighted by Gasteiger charge is 2.34. The Balaban J connectivity index is 1.54. The van der Waals surface area contributed by atoms with Crippen LogP contribution in [0.4, 0.5) is 5.82 Å². The molecule has 1 unspecified atom stereocenters. The van der Waals surface area contributed by atoms with Gasteiger partial charge in [-0.15, -0.1) is 0 Å². The zero-order valence-electron chi connectivity index (χ0n) is 15.3. The summed E-state index contributed by atoms with van der Waals surface area (Å²) in [5.41, 5.74) is 3.00. The molecule has 0 aromatic carbocycles. The van der Waals surface area contributed by atoms with Gasteiger partial charge in [0.2, 0.25) is 0 Å². The van der Waals surface area contributed by atoms with E-state index < -0.39 is 0 Å². The molecule has 1 atom stereocenters. The van der Waals surface area contributed by atoms with Crippen LogP contribution in [0.15, 0.2) is 36.7 Å². The number of rotatable bonds is 5. The van der Waals surface area contributed by atoms with Crippen molar-refractivity contribution in [2.75, 3.05) is 18.4 Å². The second-order valence-electron chi connectivity index (χ2n) is 7.45. The Kier molecular flexibility index (Phi) is 4.87. The number of hydrogen-bond donors (Lipinski definition) is 1. The molecule has 1 saturated heterocycles. The molecule has 1 amide bonds. The minimum Gasteiger partial charge on any atom is -0.361 e. The van der Waals surface area contributed by atoms with E-state index in [1.54, 1.807) is 6.20 Å². The summed E-state index contributed by atoms with van der Waals surface area (Å²) in [6.07, 6.45) is 9.42. The first-order valence-electron chi connectivity index (χ1n) is 9.66. The fraction of sp³-hybridized carbons (Fsp3) is 0.476. The molecule has 2 aromatic heterocycles. The van der Waals surface area contributed by atoms with E-state index in [-0.39, 0.29) is 11.9 Å². The van der Waals surface area contributed by atoms with Crippen LogP contribution in [0, 0.1) is 12.8 Å². The molecule has 136 valence electrons. The Morgan fingerprint density at radius 2 is 1.96 bits per heavy atom. The normalized spacial score (nSPS) is 18.4. The number of piperidine rings is 1. The molecule has 0 spiro atoms. The number of carbonyl (C=O) groups excluding carboxylic acids is 1. The van der Waals surface area contributed by atoms with Crippen LogP contribution in [0.3, 0.4) is 0 Å². The minimum absolute atomic E-state index is 0.118. The van der Waals surface area contributed by atoms with E-state index in [1.165, 1.54) is 24.8 Å². The number of hydrogen-bond acceptors (Lipinski definition) is 4. The van der Waals surface area contributed by atoms with Gasteiger partial charge in [0, 0.05) is 31.0 Å². The smallest absolute Gasteiger partial charge is 0.254 e. The predicted octanol–water partition coefficient (Wildman–Crippen LogP) is 3.97. The summed E-state index contributed by atoms with van der Waals surface area (Å²) in [5, 5.41) is 3.55. The number of amides is 1. The first-order chi connectivity index (χ1) is 12.7. The lowest BCUT2D eigenvalue weighted by atomic mass is 10.0. The van der Waals surface area contributed by atoms with E-state index in [1.807, 2.05) is 29.3 Å². The van der Waals surface area contributed by atoms with E-state index in [0.29, 0.717) is 5.92 Å². The molecule has 4 rings (SSSR count). The van der Waals surface area contributed by atoms with Gasteiger partial charge in [-0.2, -0.15) is 0 Å². The zero-order chi connectivity index (χ0) is 17.9. The van der Waals surface area contributed by atoms with Crippen LogP contribution in [-0.2, 0) is 0 Å². The fourth-order valence-electron chi connectivity index (χ4n) is 3.74. The number of nitrogens with one attached hydrogen (secondary N) is 1. The van der Waals surface area contributed by atoms with Crippen LogP contribution in [0.25, 0.3) is 0 Å². The van der Waals surface area contributed by atoms with Gasteiger partial charge in [0.25, 0.3) is 5.91 Å². The van der Waals surface area contributed by atoms with E-state index in [9.17, 15) is 4.79 Å². The van der Waals surface area contributed by atoms with Crippen LogP contribution >= 0.6 is 0 Å². The van der Waals surface area contributed by atoms with Crippen LogP contribution in [-0.4, -0.2) is 33.9 Å². The molecule has 3 heterocycles. The first-order valence-corrected chi connectivity index (χ1v) is 9.66. The predicted molar refractivity (Wildman–Crippen MR) is 102 cm³/mol. The maximum Gasteiger partial charge on any atom is 0.254 e. The zero-order valence-corrected chi connectivity index (χ0v) is 15.3. The molecule has 2 fully saturated rings. The number of carbonyl (C=O) groups is 1. The van der Waals surface area contributed by atoms with Gasteiger partial charge in [-0.25, -0.2) is 4.98 Å². The van der Waals surface area contributed by atoms with Crippen LogP contribution in [0.2, 0.25) is 0 Å². The Morgan fingerprint density at radius 1 is 1.15 bits per heavy atom. The molecule has 5 nitrogen and oxygen atoms in total. The number of likely N-dealkylation sites (tertiary alicyclic amines) is 1. The van der Waals surface area contributed by atoms with Crippen LogP contribution in [0.1, 0.15) is 59.8 Å². The summed E-state index contributed by atoms with van der Waals surface area (Å²) in [5.74, 6) is 1.47. The van der Waals surface area contributed by atoms with Gasteiger partial charge in [0.05, 0.1) is 11.7 Å². The molecule has 5 heteroatoms. The second-order valence-corrected chi connectivity index (χ2v) is 7.45. The average molecular weight is 350 g/mol. The molecular formula is C21H26N4O. The maximum absolute atomic E-state index is 12.8. The van der Waals surface area contributed by atoms with Gasteiger partial charge in [-0.1, -0.05) is 6.07 Å². The third-order valence-corrected chi connectivity index (χ3v) is 5.39. The summed E-state index contributed by atoms with van der Waals surface area (Å²) in [6, 6.07) is 7.94. The van der Waals surface area contributed by atoms with Gasteiger partial charge < -0.3 is 10.2 Å². The average Bonchev–Trinajstić information content (AvgIpc) is 3.52. The van der Waals surface area contributed by atoms with E-state index in [2.05, 4.69) is 28.3 Å². The minimum atomic E-state index is 0.118. The summed E-state index contributed by atoms with van der Waals surface area (Å²) in [4.78, 5) is 23.8. The Morgan fingerprint density at radius 3 is 2.69 bits per heavy atom. The first kappa shape index (κ1) is 17.0. The summed E-state index contributed by atoms with van der Waals surface area (Å²) in [6.45, 7) is 3.83. The topological polar surface area (TPSA) is 58.1 Å². The van der Waals surface area contributed by atoms with Crippen molar-refractivity contribution in [3.8, 4) is 0 Å². The quantitative estimate of drug-likeness (QED) is 0.886. The van der Waals surface area contributed by atoms with Gasteiger partial charge in [-0.05, 0) is 68.7 Å². The molecule has 1 aliphatic carbocycles. The largest absolute Gasteiger partial charge is 0.361 e. The van der Waals surface area contributed by atoms with Crippen molar-refractivity contribution < 1.29 is 4.79 Å². The Hall–Kier alpha value is -2.43. The standard InChI is InChI=1S/C21H26N4O/c1-15-6-5-10-23-19(15)20(16-7-8-16)24-18-14-17(9-11-22-18)21(26)25-12-3-2-4-13-25/h5-6,9-11,14,16,20H,2-4,7-8,12-13H2,1H3,(H,22,24). The fourth-order valence-corrected chi connectivity index (χ4v) is 3.74. The molecule has 1 aliphatic heterocycles. The number of nitrogens with zero attached hydrogens (tertiary/aromatic N) is 3. The lowest BCUT2D eigenvalue weighted by Crippen LogP contribution is -2.35. The molecule has 2 aromatic rings. The molecule has 0 radical (unpaired) electrons. The highest BCUT2D eigenvalue weighted by Crippen LogP contribution is 2.42. The number of aromatic nitrogens is 2. The van der Waals surface area contributed by atoms with Crippen molar-refractivity contribution in [1.29, 1.82) is 0 Å². The van der Waals surface area contributed by atoms with Crippen molar-refractivity contribution >= 4 is 11.7 Å². The summed E-state index contributed by atoms with van der Waals surface area (Å²) < 4.78 is 0. The van der Waals surface area contributed by atoms with E-state index >= 15 is 0 Å². The third kappa shape index (κ3) is 3.71. The third-order valence-electron chi connectivity index (χ3n) is 5.39. The highest BCUT2D eigenvalue weighted by molar-refractivity contribution is 5.94. The van der Waals surface area contributed by atoms with Crippen LogP contribution in [0.5, 0.6) is 0 Å². The monoisotopic (exact) mass is 350 g/mol. The summed E-state index contributed by atoms with van der Waals surface area (Å²) >= 11 is 0. The number of pyridine rings is 2. The molecule has 1 saturated carbocycles. The van der Waals surface area contributed by atoms with Crippen LogP contribution < -0.4 is 5.32 Å². The molecule has 2 aliphatic rings. The lowest BCUT2D eigenvalue weighted by Gasteiger charge is -2.27. The second kappa shape index (κ2) is 7.44. The Bertz CT molecular complexity index is 781. The molecule has 0 bridgehead atoms. The number of anilines is 1. The Labute approximate surface area is 154 Å². The lowest BCUT2D eigenvalue weighted by molar-refractivity contribution is 0.0724. The molecular weight excluding hydrogens is 324 g/mol. The SMILES string of the molecule is Cc1cccnc1C(Nc1cc(C(=O)N2CCCCC2)ccn1)C1CC1. The molecule has 26 heavy (non-hydrogen) atoms. The van der Waals surface area contributed by atoms with Crippen molar-refractivity contribution in [2.24, 2.45) is 5.92 Å². The number of aryl methyl sites for hydroxylation is 1. The van der Waals surface area contributed by atoms with Gasteiger partial charge in [0.15, 0.2) is 0 Å². The van der Waals surface area contributed by atoms with E-state index in [0.717, 1.165) is 43.0 Å². The van der Waals surface area contributed by atoms with Crippen molar-refractivity contribution in [3.05, 3.63) is 53.5 Å². The summed E-state index contributed by atoms with van der Waals surface area (Å²) in [7, 11) is 0. The van der Waals surface area contributed by atoms with Gasteiger partial charge in [0.1, 0.15) is 5.82 Å². The van der Waals surface area contributed by atoms with Crippen molar-refractivity contribution in [1.82, 2.24) is 14.9 Å². The van der Waals surface area contributed by atoms with E-state index in [4.69, 9.17) is 0 Å². The maximum atomic E-state index is 12.8.